The Morgan fingerprint density at radius 3 is 2.84 bits per heavy atom. The number of rotatable bonds is 3. The number of nitrogens with two attached hydrogens (primary N) is 1. The number of benzene rings is 1. The molecule has 0 radical (unpaired) electrons. The van der Waals surface area contributed by atoms with Crippen LogP contribution in [0.1, 0.15) is 18.9 Å². The van der Waals surface area contributed by atoms with Crippen molar-refractivity contribution < 1.29 is 9.84 Å². The molecule has 1 aliphatic heterocycles. The smallest absolute Gasteiger partial charge is 0.162 e. The fourth-order valence-electron chi connectivity index (χ4n) is 2.79. The molecule has 1 aliphatic rings. The Bertz CT molecular complexity index is 443. The van der Waals surface area contributed by atoms with Gasteiger partial charge >= 0.3 is 0 Å². The maximum atomic E-state index is 10.1. The summed E-state index contributed by atoms with van der Waals surface area (Å²) in [4.78, 5) is 2.25. The zero-order chi connectivity index (χ0) is 14.0. The van der Waals surface area contributed by atoms with Gasteiger partial charge < -0.3 is 15.6 Å². The van der Waals surface area contributed by atoms with Gasteiger partial charge in [-0.3, -0.25) is 4.90 Å². The van der Waals surface area contributed by atoms with Crippen LogP contribution < -0.4 is 10.5 Å². The van der Waals surface area contributed by atoms with Gasteiger partial charge in [0.25, 0.3) is 0 Å². The Kier molecular flexibility index (Phi) is 4.55. The quantitative estimate of drug-likeness (QED) is 0.894. The summed E-state index contributed by atoms with van der Waals surface area (Å²) in [5.41, 5.74) is 6.82. The van der Waals surface area contributed by atoms with E-state index in [9.17, 15) is 5.11 Å². The van der Waals surface area contributed by atoms with Crippen LogP contribution in [0.5, 0.6) is 11.5 Å². The first-order chi connectivity index (χ1) is 8.99. The van der Waals surface area contributed by atoms with Crippen molar-refractivity contribution >= 4 is 11.6 Å². The largest absolute Gasteiger partial charge is 0.504 e. The summed E-state index contributed by atoms with van der Waals surface area (Å²) in [6.07, 6.45) is 1.06. The summed E-state index contributed by atoms with van der Waals surface area (Å²) in [6.45, 7) is 4.67. The normalized spacial score (nSPS) is 24.4. The number of aromatic hydroxyl groups is 1. The second kappa shape index (κ2) is 5.99. The van der Waals surface area contributed by atoms with Crippen LogP contribution >= 0.6 is 11.6 Å². The molecule has 1 aromatic rings. The van der Waals surface area contributed by atoms with Crippen molar-refractivity contribution in [1.82, 2.24) is 4.90 Å². The first-order valence-electron chi connectivity index (χ1n) is 6.53. The molecule has 1 fully saturated rings. The molecule has 0 amide bonds. The minimum atomic E-state index is 0.165. The van der Waals surface area contributed by atoms with Crippen molar-refractivity contribution in [2.75, 3.05) is 20.2 Å². The molecule has 4 nitrogen and oxygen atoms in total. The lowest BCUT2D eigenvalue weighted by molar-refractivity contribution is 0.157. The van der Waals surface area contributed by atoms with Crippen LogP contribution in [0.3, 0.4) is 0 Å². The van der Waals surface area contributed by atoms with Crippen molar-refractivity contribution in [1.29, 1.82) is 0 Å². The van der Waals surface area contributed by atoms with Gasteiger partial charge in [0.1, 0.15) is 0 Å². The van der Waals surface area contributed by atoms with Crippen LogP contribution in [0, 0.1) is 5.92 Å². The number of phenols is 1. The number of piperidine rings is 1. The SMILES string of the molecule is COc1cc(Cl)cc(CN2CC(C)CC(N)C2)c1O. The topological polar surface area (TPSA) is 58.7 Å². The van der Waals surface area contributed by atoms with E-state index in [1.807, 2.05) is 0 Å². The van der Waals surface area contributed by atoms with Gasteiger partial charge in [-0.15, -0.1) is 0 Å². The summed E-state index contributed by atoms with van der Waals surface area (Å²) in [6, 6.07) is 3.60. The van der Waals surface area contributed by atoms with Crippen molar-refractivity contribution in [3.63, 3.8) is 0 Å². The molecule has 0 saturated carbocycles. The molecule has 0 aromatic heterocycles. The molecule has 1 heterocycles. The number of likely N-dealkylation sites (tertiary alicyclic amines) is 1. The molecule has 106 valence electrons. The zero-order valence-electron chi connectivity index (χ0n) is 11.4. The summed E-state index contributed by atoms with van der Waals surface area (Å²) in [7, 11) is 1.52. The van der Waals surface area contributed by atoms with Crippen molar-refractivity contribution in [2.45, 2.75) is 25.9 Å². The number of methoxy groups -OCH3 is 1. The van der Waals surface area contributed by atoms with Crippen LogP contribution in [0.15, 0.2) is 12.1 Å². The van der Waals surface area contributed by atoms with Crippen molar-refractivity contribution in [3.05, 3.63) is 22.7 Å². The Morgan fingerprint density at radius 2 is 2.21 bits per heavy atom. The Morgan fingerprint density at radius 1 is 1.47 bits per heavy atom. The fraction of sp³-hybridized carbons (Fsp3) is 0.571. The van der Waals surface area contributed by atoms with Crippen molar-refractivity contribution in [3.8, 4) is 11.5 Å². The molecule has 2 atom stereocenters. The van der Waals surface area contributed by atoms with E-state index in [2.05, 4.69) is 11.8 Å². The maximum absolute atomic E-state index is 10.1. The lowest BCUT2D eigenvalue weighted by atomic mass is 9.96. The number of hydrogen-bond donors (Lipinski definition) is 2. The summed E-state index contributed by atoms with van der Waals surface area (Å²) < 4.78 is 5.12. The lowest BCUT2D eigenvalue weighted by Crippen LogP contribution is -2.45. The minimum absolute atomic E-state index is 0.165. The Hall–Kier alpha value is -0.970. The molecular formula is C14H21ClN2O2. The van der Waals surface area contributed by atoms with Gasteiger partial charge in [0.2, 0.25) is 0 Å². The van der Waals surface area contributed by atoms with Gasteiger partial charge in [0.15, 0.2) is 11.5 Å². The third kappa shape index (κ3) is 3.53. The number of ether oxygens (including phenoxy) is 1. The lowest BCUT2D eigenvalue weighted by Gasteiger charge is -2.34. The average molecular weight is 285 g/mol. The molecule has 1 saturated heterocycles. The molecular weight excluding hydrogens is 264 g/mol. The van der Waals surface area contributed by atoms with Crippen LogP contribution in [-0.2, 0) is 6.54 Å². The van der Waals surface area contributed by atoms with Gasteiger partial charge in [-0.25, -0.2) is 0 Å². The number of halogens is 1. The number of hydrogen-bond acceptors (Lipinski definition) is 4. The van der Waals surface area contributed by atoms with Crippen LogP contribution in [0.4, 0.5) is 0 Å². The zero-order valence-corrected chi connectivity index (χ0v) is 12.2. The van der Waals surface area contributed by atoms with Gasteiger partial charge in [0, 0.05) is 42.3 Å². The molecule has 2 unspecified atom stereocenters. The summed E-state index contributed by atoms with van der Waals surface area (Å²) >= 11 is 6.04. The van der Waals surface area contributed by atoms with E-state index < -0.39 is 0 Å². The first kappa shape index (κ1) is 14.4. The van der Waals surface area contributed by atoms with E-state index in [4.69, 9.17) is 22.1 Å². The second-order valence-electron chi connectivity index (χ2n) is 5.41. The van der Waals surface area contributed by atoms with E-state index >= 15 is 0 Å². The summed E-state index contributed by atoms with van der Waals surface area (Å²) in [5.74, 6) is 1.16. The third-order valence-electron chi connectivity index (χ3n) is 3.50. The highest BCUT2D eigenvalue weighted by Gasteiger charge is 2.23. The molecule has 0 aliphatic carbocycles. The standard InChI is InChI=1S/C14H21ClN2O2/c1-9-3-12(16)8-17(6-9)7-10-4-11(15)5-13(19-2)14(10)18/h4-5,9,12,18H,3,6-8,16H2,1-2H3. The fourth-order valence-corrected chi connectivity index (χ4v) is 3.02. The highest BCUT2D eigenvalue weighted by atomic mass is 35.5. The highest BCUT2D eigenvalue weighted by molar-refractivity contribution is 6.30. The van der Waals surface area contributed by atoms with Crippen LogP contribution in [0.2, 0.25) is 5.02 Å². The molecule has 3 N–H and O–H groups in total. The van der Waals surface area contributed by atoms with Gasteiger partial charge in [-0.1, -0.05) is 18.5 Å². The molecule has 19 heavy (non-hydrogen) atoms. The van der Waals surface area contributed by atoms with E-state index in [0.717, 1.165) is 25.1 Å². The molecule has 5 heteroatoms. The van der Waals surface area contributed by atoms with E-state index in [0.29, 0.717) is 23.2 Å². The molecule has 1 aromatic carbocycles. The Balaban J connectivity index is 2.16. The minimum Gasteiger partial charge on any atom is -0.504 e. The highest BCUT2D eigenvalue weighted by Crippen LogP contribution is 2.34. The predicted octanol–water partition coefficient (Wildman–Crippen LogP) is 2.22. The second-order valence-corrected chi connectivity index (χ2v) is 5.85. The number of phenolic OH excluding ortho intramolecular Hbond substituents is 1. The monoisotopic (exact) mass is 284 g/mol. The molecule has 0 spiro atoms. The molecule has 2 rings (SSSR count). The van der Waals surface area contributed by atoms with Crippen molar-refractivity contribution in [2.24, 2.45) is 11.7 Å². The Labute approximate surface area is 119 Å². The van der Waals surface area contributed by atoms with Gasteiger partial charge in [0.05, 0.1) is 7.11 Å². The van der Waals surface area contributed by atoms with E-state index in [-0.39, 0.29) is 11.8 Å². The summed E-state index contributed by atoms with van der Waals surface area (Å²) in [5, 5.41) is 10.7. The third-order valence-corrected chi connectivity index (χ3v) is 3.72. The predicted molar refractivity (Wildman–Crippen MR) is 76.7 cm³/mol. The van der Waals surface area contributed by atoms with E-state index in [1.165, 1.54) is 7.11 Å². The maximum Gasteiger partial charge on any atom is 0.162 e. The first-order valence-corrected chi connectivity index (χ1v) is 6.90. The van der Waals surface area contributed by atoms with Crippen LogP contribution in [-0.4, -0.2) is 36.2 Å². The van der Waals surface area contributed by atoms with E-state index in [1.54, 1.807) is 12.1 Å². The van der Waals surface area contributed by atoms with Gasteiger partial charge in [-0.05, 0) is 18.4 Å². The van der Waals surface area contributed by atoms with Gasteiger partial charge in [-0.2, -0.15) is 0 Å². The average Bonchev–Trinajstić information content (AvgIpc) is 2.32. The number of nitrogens with zero attached hydrogens (tertiary/aromatic N) is 1. The molecule has 0 bridgehead atoms. The van der Waals surface area contributed by atoms with Crippen LogP contribution in [0.25, 0.3) is 0 Å².